The van der Waals surface area contributed by atoms with Gasteiger partial charge in [0.15, 0.2) is 5.78 Å². The van der Waals surface area contributed by atoms with E-state index in [0.29, 0.717) is 6.42 Å². The standard InChI is InChI=1S/C19H22N2O/c1-21(17-7-3-2-4-8-17)13-12-20-16-11-10-15-6-5-9-19(22)18(15)14-16/h2-4,7-8,10-11,14,20H,5-6,9,12-13H2,1H3. The summed E-state index contributed by atoms with van der Waals surface area (Å²) in [4.78, 5) is 14.2. The van der Waals surface area contributed by atoms with E-state index < -0.39 is 0 Å². The maximum atomic E-state index is 12.0. The molecule has 0 amide bonds. The molecule has 0 atom stereocenters. The molecule has 1 aliphatic rings. The van der Waals surface area contributed by atoms with Crippen LogP contribution in [0.2, 0.25) is 0 Å². The van der Waals surface area contributed by atoms with E-state index in [4.69, 9.17) is 0 Å². The first-order valence-corrected chi connectivity index (χ1v) is 7.90. The van der Waals surface area contributed by atoms with Crippen LogP contribution in [0, 0.1) is 0 Å². The van der Waals surface area contributed by atoms with Gasteiger partial charge in [0.2, 0.25) is 0 Å². The lowest BCUT2D eigenvalue weighted by Crippen LogP contribution is -2.24. The maximum absolute atomic E-state index is 12.0. The molecular formula is C19H22N2O. The van der Waals surface area contributed by atoms with Crippen LogP contribution in [0.3, 0.4) is 0 Å². The average molecular weight is 294 g/mol. The number of hydrogen-bond donors (Lipinski definition) is 1. The number of aryl methyl sites for hydroxylation is 1. The smallest absolute Gasteiger partial charge is 0.163 e. The molecule has 3 heteroatoms. The van der Waals surface area contributed by atoms with E-state index in [1.165, 1.54) is 11.3 Å². The highest BCUT2D eigenvalue weighted by atomic mass is 16.1. The first kappa shape index (κ1) is 14.6. The Morgan fingerprint density at radius 1 is 1.09 bits per heavy atom. The van der Waals surface area contributed by atoms with Crippen molar-refractivity contribution in [1.82, 2.24) is 0 Å². The van der Waals surface area contributed by atoms with Crippen LogP contribution < -0.4 is 10.2 Å². The highest BCUT2D eigenvalue weighted by Gasteiger charge is 2.17. The maximum Gasteiger partial charge on any atom is 0.163 e. The van der Waals surface area contributed by atoms with Crippen molar-refractivity contribution in [2.75, 3.05) is 30.4 Å². The Kier molecular flexibility index (Phi) is 4.42. The average Bonchev–Trinajstić information content (AvgIpc) is 2.56. The monoisotopic (exact) mass is 294 g/mol. The van der Waals surface area contributed by atoms with Gasteiger partial charge in [-0.2, -0.15) is 0 Å². The molecule has 0 heterocycles. The van der Waals surface area contributed by atoms with Gasteiger partial charge in [-0.15, -0.1) is 0 Å². The number of carbonyl (C=O) groups is 1. The van der Waals surface area contributed by atoms with Crippen LogP contribution >= 0.6 is 0 Å². The van der Waals surface area contributed by atoms with Crippen LogP contribution in [0.15, 0.2) is 48.5 Å². The van der Waals surface area contributed by atoms with E-state index in [9.17, 15) is 4.79 Å². The van der Waals surface area contributed by atoms with Crippen molar-refractivity contribution < 1.29 is 4.79 Å². The number of nitrogens with one attached hydrogen (secondary N) is 1. The number of fused-ring (bicyclic) bond motifs is 1. The van der Waals surface area contributed by atoms with Crippen molar-refractivity contribution in [2.24, 2.45) is 0 Å². The number of Topliss-reactive ketones (excluding diaryl/α,β-unsaturated/α-hetero) is 1. The van der Waals surface area contributed by atoms with Gasteiger partial charge in [0.05, 0.1) is 0 Å². The Bertz CT molecular complexity index is 652. The summed E-state index contributed by atoms with van der Waals surface area (Å²) < 4.78 is 0. The van der Waals surface area contributed by atoms with Gasteiger partial charge in [-0.05, 0) is 42.7 Å². The minimum atomic E-state index is 0.284. The molecule has 0 bridgehead atoms. The van der Waals surface area contributed by atoms with E-state index in [1.807, 2.05) is 24.3 Å². The molecule has 22 heavy (non-hydrogen) atoms. The van der Waals surface area contributed by atoms with Crippen molar-refractivity contribution >= 4 is 17.2 Å². The fourth-order valence-corrected chi connectivity index (χ4v) is 2.92. The first-order valence-electron chi connectivity index (χ1n) is 7.90. The molecule has 0 spiro atoms. The van der Waals surface area contributed by atoms with Crippen molar-refractivity contribution in [3.63, 3.8) is 0 Å². The normalized spacial score (nSPS) is 13.6. The van der Waals surface area contributed by atoms with Crippen LogP contribution in [0.4, 0.5) is 11.4 Å². The van der Waals surface area contributed by atoms with Crippen molar-refractivity contribution in [3.8, 4) is 0 Å². The molecule has 2 aromatic carbocycles. The third-order valence-electron chi connectivity index (χ3n) is 4.23. The third kappa shape index (κ3) is 3.30. The van der Waals surface area contributed by atoms with Gasteiger partial charge in [0, 0.05) is 43.5 Å². The second-order valence-electron chi connectivity index (χ2n) is 5.83. The van der Waals surface area contributed by atoms with Gasteiger partial charge >= 0.3 is 0 Å². The quantitative estimate of drug-likeness (QED) is 0.911. The molecule has 0 aromatic heterocycles. The molecule has 0 unspecified atom stereocenters. The largest absolute Gasteiger partial charge is 0.383 e. The number of nitrogens with zero attached hydrogens (tertiary/aromatic N) is 1. The highest BCUT2D eigenvalue weighted by molar-refractivity contribution is 5.99. The zero-order chi connectivity index (χ0) is 15.4. The van der Waals surface area contributed by atoms with Crippen LogP contribution in [-0.2, 0) is 6.42 Å². The number of para-hydroxylation sites is 1. The number of ketones is 1. The topological polar surface area (TPSA) is 32.3 Å². The van der Waals surface area contributed by atoms with Crippen LogP contribution in [0.5, 0.6) is 0 Å². The lowest BCUT2D eigenvalue weighted by atomic mass is 9.90. The van der Waals surface area contributed by atoms with Gasteiger partial charge in [-0.25, -0.2) is 0 Å². The van der Waals surface area contributed by atoms with E-state index in [2.05, 4.69) is 41.5 Å². The first-order chi connectivity index (χ1) is 10.7. The Labute approximate surface area is 132 Å². The van der Waals surface area contributed by atoms with Crippen LogP contribution in [0.1, 0.15) is 28.8 Å². The number of likely N-dealkylation sites (N-methyl/N-ethyl adjacent to an activating group) is 1. The summed E-state index contributed by atoms with van der Waals surface area (Å²) in [6, 6.07) is 16.5. The molecule has 1 N–H and O–H groups in total. The fourth-order valence-electron chi connectivity index (χ4n) is 2.92. The minimum Gasteiger partial charge on any atom is -0.383 e. The molecule has 3 nitrogen and oxygen atoms in total. The van der Waals surface area contributed by atoms with Crippen molar-refractivity contribution in [3.05, 3.63) is 59.7 Å². The van der Waals surface area contributed by atoms with Crippen molar-refractivity contribution in [1.29, 1.82) is 0 Å². The minimum absolute atomic E-state index is 0.284. The number of benzene rings is 2. The summed E-state index contributed by atoms with van der Waals surface area (Å²) in [7, 11) is 2.09. The Morgan fingerprint density at radius 3 is 2.73 bits per heavy atom. The molecular weight excluding hydrogens is 272 g/mol. The second kappa shape index (κ2) is 6.65. The SMILES string of the molecule is CN(CCNc1ccc2c(c1)C(=O)CCC2)c1ccccc1. The van der Waals surface area contributed by atoms with Gasteiger partial charge < -0.3 is 10.2 Å². The van der Waals surface area contributed by atoms with E-state index in [0.717, 1.165) is 37.2 Å². The predicted molar refractivity (Wildman–Crippen MR) is 91.9 cm³/mol. The van der Waals surface area contributed by atoms with Gasteiger partial charge in [-0.1, -0.05) is 24.3 Å². The number of anilines is 2. The molecule has 0 fully saturated rings. The molecule has 1 aliphatic carbocycles. The van der Waals surface area contributed by atoms with E-state index >= 15 is 0 Å². The summed E-state index contributed by atoms with van der Waals surface area (Å²) in [5.41, 5.74) is 4.36. The predicted octanol–water partition coefficient (Wildman–Crippen LogP) is 3.75. The Morgan fingerprint density at radius 2 is 1.91 bits per heavy atom. The van der Waals surface area contributed by atoms with Gasteiger partial charge in [0.25, 0.3) is 0 Å². The summed E-state index contributed by atoms with van der Waals surface area (Å²) in [6.07, 6.45) is 2.70. The van der Waals surface area contributed by atoms with Crippen molar-refractivity contribution in [2.45, 2.75) is 19.3 Å². The van der Waals surface area contributed by atoms with E-state index in [1.54, 1.807) is 0 Å². The molecule has 0 aliphatic heterocycles. The molecule has 0 radical (unpaired) electrons. The zero-order valence-electron chi connectivity index (χ0n) is 13.0. The second-order valence-corrected chi connectivity index (χ2v) is 5.83. The number of rotatable bonds is 5. The third-order valence-corrected chi connectivity index (χ3v) is 4.23. The van der Waals surface area contributed by atoms with Crippen LogP contribution in [-0.4, -0.2) is 25.9 Å². The molecule has 114 valence electrons. The highest BCUT2D eigenvalue weighted by Crippen LogP contribution is 2.24. The molecule has 2 aromatic rings. The molecule has 0 saturated carbocycles. The van der Waals surface area contributed by atoms with Crippen LogP contribution in [0.25, 0.3) is 0 Å². The lowest BCUT2D eigenvalue weighted by molar-refractivity contribution is 0.0972. The Balaban J connectivity index is 1.58. The van der Waals surface area contributed by atoms with Gasteiger partial charge in [-0.3, -0.25) is 4.79 Å². The summed E-state index contributed by atoms with van der Waals surface area (Å²) in [6.45, 7) is 1.76. The number of carbonyl (C=O) groups excluding carboxylic acids is 1. The van der Waals surface area contributed by atoms with Gasteiger partial charge in [0.1, 0.15) is 0 Å². The summed E-state index contributed by atoms with van der Waals surface area (Å²) in [5, 5.41) is 3.42. The lowest BCUT2D eigenvalue weighted by Gasteiger charge is -2.20. The Hall–Kier alpha value is -2.29. The fraction of sp³-hybridized carbons (Fsp3) is 0.316. The zero-order valence-corrected chi connectivity index (χ0v) is 13.0. The van der Waals surface area contributed by atoms with E-state index in [-0.39, 0.29) is 5.78 Å². The summed E-state index contributed by atoms with van der Waals surface area (Å²) in [5.74, 6) is 0.284. The molecule has 0 saturated heterocycles. The molecule has 3 rings (SSSR count). The number of hydrogen-bond acceptors (Lipinski definition) is 3. The summed E-state index contributed by atoms with van der Waals surface area (Å²) >= 11 is 0.